The maximum atomic E-state index is 12.4. The first-order valence-corrected chi connectivity index (χ1v) is 14.3. The second-order valence-corrected chi connectivity index (χ2v) is 10.3. The van der Waals surface area contributed by atoms with E-state index in [4.69, 9.17) is 16.6 Å². The van der Waals surface area contributed by atoms with Crippen molar-refractivity contribution < 1.29 is 24.2 Å². The van der Waals surface area contributed by atoms with Gasteiger partial charge in [-0.05, 0) is 66.7 Å². The van der Waals surface area contributed by atoms with Gasteiger partial charge in [0.2, 0.25) is 5.91 Å². The van der Waals surface area contributed by atoms with Gasteiger partial charge >= 0.3 is 5.97 Å². The summed E-state index contributed by atoms with van der Waals surface area (Å²) in [5, 5.41) is 32.1. The lowest BCUT2D eigenvalue weighted by molar-refractivity contribution is -0.268. The highest BCUT2D eigenvalue weighted by Gasteiger charge is 2.22. The van der Waals surface area contributed by atoms with Crippen molar-refractivity contribution in [3.63, 3.8) is 0 Å². The summed E-state index contributed by atoms with van der Waals surface area (Å²) in [4.78, 5) is 35.8. The molecule has 0 unspecified atom stereocenters. The van der Waals surface area contributed by atoms with Crippen molar-refractivity contribution in [2.75, 3.05) is 24.2 Å². The van der Waals surface area contributed by atoms with E-state index in [0.29, 0.717) is 58.1 Å². The molecule has 0 spiro atoms. The number of carboxylic acid groups (broad SMARTS) is 1. The fourth-order valence-corrected chi connectivity index (χ4v) is 4.98. The Balaban J connectivity index is 1.45. The third-order valence-corrected chi connectivity index (χ3v) is 6.96. The quantitative estimate of drug-likeness (QED) is 0.0689. The van der Waals surface area contributed by atoms with Crippen molar-refractivity contribution in [1.82, 2.24) is 10.6 Å². The first-order chi connectivity index (χ1) is 19.8. The summed E-state index contributed by atoms with van der Waals surface area (Å²) in [5.41, 5.74) is 2.02. The van der Waals surface area contributed by atoms with Gasteiger partial charge in [-0.15, -0.1) is 5.75 Å². The van der Waals surface area contributed by atoms with Gasteiger partial charge in [-0.25, -0.2) is 4.79 Å². The Labute approximate surface area is 247 Å². The van der Waals surface area contributed by atoms with Crippen LogP contribution in [0.3, 0.4) is 0 Å². The lowest BCUT2D eigenvalue weighted by Gasteiger charge is -2.18. The largest absolute Gasteiger partial charge is 0.872 e. The monoisotopic (exact) mass is 592 g/mol. The summed E-state index contributed by atoms with van der Waals surface area (Å²) < 4.78 is 5.83. The van der Waals surface area contributed by atoms with E-state index in [1.165, 1.54) is 30.3 Å². The minimum absolute atomic E-state index is 0.0189. The molecule has 2 aromatic rings. The van der Waals surface area contributed by atoms with E-state index in [1.54, 1.807) is 24.3 Å². The van der Waals surface area contributed by atoms with Crippen molar-refractivity contribution in [2.24, 2.45) is 0 Å². The maximum absolute atomic E-state index is 12.4. The number of carbonyl (C=O) groups is 2. The highest BCUT2D eigenvalue weighted by atomic mass is 32.1. The summed E-state index contributed by atoms with van der Waals surface area (Å²) in [7, 11) is 0. The van der Waals surface area contributed by atoms with Crippen LogP contribution < -0.4 is 26.5 Å². The van der Waals surface area contributed by atoms with Crippen LogP contribution in [0.25, 0.3) is 33.4 Å². The number of amides is 1. The van der Waals surface area contributed by atoms with Crippen LogP contribution in [-0.4, -0.2) is 40.9 Å². The number of thiol groups is 1. The SMILES string of the molecule is O=C(CCS)NCCCCCCNC(=S)Nc1ccc(-c2c3ccc(=O)cc-3oc3cc([O-])ccc23)c(C(=O)O)c1. The molecule has 0 radical (unpaired) electrons. The van der Waals surface area contributed by atoms with E-state index in [0.717, 1.165) is 25.7 Å². The van der Waals surface area contributed by atoms with E-state index in [1.807, 2.05) is 0 Å². The van der Waals surface area contributed by atoms with Gasteiger partial charge in [0.1, 0.15) is 11.3 Å². The average molecular weight is 593 g/mol. The van der Waals surface area contributed by atoms with Gasteiger partial charge in [0.25, 0.3) is 0 Å². The van der Waals surface area contributed by atoms with Crippen LogP contribution in [0, 0.1) is 0 Å². The molecule has 9 nitrogen and oxygen atoms in total. The topological polar surface area (TPSA) is 144 Å². The number of hydrogen-bond donors (Lipinski definition) is 5. The summed E-state index contributed by atoms with van der Waals surface area (Å²) in [6.45, 7) is 1.31. The molecule has 0 aromatic heterocycles. The molecule has 0 saturated carbocycles. The molecule has 1 aliphatic heterocycles. The fraction of sp³-hybridized carbons (Fsp3) is 0.267. The smallest absolute Gasteiger partial charge is 0.336 e. The number of benzene rings is 3. The van der Waals surface area contributed by atoms with Gasteiger partial charge < -0.3 is 30.6 Å². The highest BCUT2D eigenvalue weighted by molar-refractivity contribution is 7.80. The third-order valence-electron chi connectivity index (χ3n) is 6.49. The zero-order valence-corrected chi connectivity index (χ0v) is 23.9. The van der Waals surface area contributed by atoms with E-state index < -0.39 is 5.97 Å². The summed E-state index contributed by atoms with van der Waals surface area (Å²) in [6, 6.07) is 13.5. The van der Waals surface area contributed by atoms with Crippen molar-refractivity contribution in [1.29, 1.82) is 0 Å². The number of unbranched alkanes of at least 4 members (excludes halogenated alkanes) is 3. The van der Waals surface area contributed by atoms with Crippen molar-refractivity contribution in [3.8, 4) is 28.2 Å². The van der Waals surface area contributed by atoms with Crippen LogP contribution in [0.4, 0.5) is 5.69 Å². The zero-order chi connectivity index (χ0) is 29.4. The number of aromatic carboxylic acids is 1. The Kier molecular flexibility index (Phi) is 10.2. The van der Waals surface area contributed by atoms with Crippen molar-refractivity contribution in [3.05, 3.63) is 70.4 Å². The lowest BCUT2D eigenvalue weighted by atomic mass is 9.90. The van der Waals surface area contributed by atoms with Crippen LogP contribution in [0.1, 0.15) is 42.5 Å². The Bertz CT molecular complexity index is 1600. The van der Waals surface area contributed by atoms with Gasteiger partial charge in [-0.3, -0.25) is 9.59 Å². The van der Waals surface area contributed by atoms with Gasteiger partial charge in [-0.2, -0.15) is 12.6 Å². The number of hydrogen-bond acceptors (Lipinski definition) is 7. The normalized spacial score (nSPS) is 11.0. The molecule has 1 aliphatic carbocycles. The Morgan fingerprint density at radius 3 is 2.39 bits per heavy atom. The Morgan fingerprint density at radius 1 is 0.927 bits per heavy atom. The number of carboxylic acids is 1. The molecule has 11 heteroatoms. The van der Waals surface area contributed by atoms with Crippen LogP contribution in [0.2, 0.25) is 0 Å². The predicted molar refractivity (Wildman–Crippen MR) is 165 cm³/mol. The van der Waals surface area contributed by atoms with E-state index in [2.05, 4.69) is 28.6 Å². The molecular weight excluding hydrogens is 562 g/mol. The number of anilines is 1. The van der Waals surface area contributed by atoms with Crippen LogP contribution >= 0.6 is 24.8 Å². The maximum Gasteiger partial charge on any atom is 0.336 e. The summed E-state index contributed by atoms with van der Waals surface area (Å²) >= 11 is 9.44. The number of fused-ring (bicyclic) bond motifs is 2. The third kappa shape index (κ3) is 7.77. The highest BCUT2D eigenvalue weighted by Crippen LogP contribution is 2.42. The van der Waals surface area contributed by atoms with Crippen LogP contribution in [-0.2, 0) is 4.79 Å². The number of nitrogens with one attached hydrogen (secondary N) is 3. The molecule has 4 rings (SSSR count). The summed E-state index contributed by atoms with van der Waals surface area (Å²) in [6.07, 6.45) is 4.18. The van der Waals surface area contributed by atoms with Crippen LogP contribution in [0.5, 0.6) is 5.75 Å². The molecule has 0 saturated heterocycles. The first-order valence-electron chi connectivity index (χ1n) is 13.2. The van der Waals surface area contributed by atoms with E-state index >= 15 is 0 Å². The molecule has 214 valence electrons. The number of carbonyl (C=O) groups excluding carboxylic acids is 1. The second kappa shape index (κ2) is 14.0. The molecule has 1 amide bonds. The number of thiocarbonyl (C=S) groups is 1. The minimum atomic E-state index is -1.15. The van der Waals surface area contributed by atoms with Gasteiger partial charge in [0.15, 0.2) is 10.5 Å². The molecule has 2 aliphatic rings. The van der Waals surface area contributed by atoms with Crippen LogP contribution in [0.15, 0.2) is 63.8 Å². The molecule has 2 aromatic carbocycles. The molecule has 41 heavy (non-hydrogen) atoms. The van der Waals surface area contributed by atoms with E-state index in [-0.39, 0.29) is 34.0 Å². The summed E-state index contributed by atoms with van der Waals surface area (Å²) in [5.74, 6) is -0.592. The first kappa shape index (κ1) is 29.9. The standard InChI is InChI=1S/C30H31N3O6S2/c34-19-6-9-22-25(16-19)39-26-17-20(35)7-10-23(26)28(22)21-8-5-18(15-24(21)29(37)38)33-30(41)32-13-4-2-1-3-12-31-27(36)11-14-40/h5-10,15-17,34,40H,1-4,11-14H2,(H,31,36)(H,37,38)(H2,32,33,41)/p-1. The number of rotatable bonds is 12. The average Bonchev–Trinajstić information content (AvgIpc) is 2.93. The van der Waals surface area contributed by atoms with Gasteiger partial charge in [0.05, 0.1) is 5.56 Å². The molecular formula is C30H30N3O6S2-. The minimum Gasteiger partial charge on any atom is -0.872 e. The molecule has 0 fully saturated rings. The molecule has 4 N–H and O–H groups in total. The van der Waals surface area contributed by atoms with Gasteiger partial charge in [0, 0.05) is 47.8 Å². The van der Waals surface area contributed by atoms with Crippen molar-refractivity contribution >= 4 is 58.5 Å². The van der Waals surface area contributed by atoms with E-state index in [9.17, 15) is 24.6 Å². The zero-order valence-electron chi connectivity index (χ0n) is 22.2. The molecule has 0 atom stereocenters. The Morgan fingerprint density at radius 2 is 1.66 bits per heavy atom. The second-order valence-electron chi connectivity index (χ2n) is 9.48. The molecule has 1 heterocycles. The fourth-order valence-electron chi connectivity index (χ4n) is 4.56. The predicted octanol–water partition coefficient (Wildman–Crippen LogP) is 4.62. The van der Waals surface area contributed by atoms with Gasteiger partial charge in [-0.1, -0.05) is 31.0 Å². The lowest BCUT2D eigenvalue weighted by Crippen LogP contribution is -2.29. The van der Waals surface area contributed by atoms with Crippen molar-refractivity contribution in [2.45, 2.75) is 32.1 Å². The Hall–Kier alpha value is -4.09. The molecule has 0 bridgehead atoms.